The van der Waals surface area contributed by atoms with E-state index in [1.807, 2.05) is 0 Å². The van der Waals surface area contributed by atoms with E-state index >= 15 is 0 Å². The van der Waals surface area contributed by atoms with Crippen LogP contribution in [-0.4, -0.2) is 0 Å². The van der Waals surface area contributed by atoms with Crippen molar-refractivity contribution in [1.29, 1.82) is 0 Å². The summed E-state index contributed by atoms with van der Waals surface area (Å²) in [5.74, 6) is 0. The first-order valence-electron chi connectivity index (χ1n) is 14.7. The Kier molecular flexibility index (Phi) is 9.41. The molecule has 0 fully saturated rings. The van der Waals surface area contributed by atoms with Gasteiger partial charge in [-0.1, -0.05) is 51.0 Å². The molecule has 0 radical (unpaired) electrons. The molecule has 0 saturated heterocycles. The highest BCUT2D eigenvalue weighted by molar-refractivity contribution is 5.61. The normalized spacial score (nSPS) is 11.1. The minimum atomic E-state index is 0.865. The second-order valence-corrected chi connectivity index (χ2v) is 10.7. The molecule has 4 heterocycles. The lowest BCUT2D eigenvalue weighted by molar-refractivity contribution is -0.697. The van der Waals surface area contributed by atoms with Crippen LogP contribution in [0.4, 0.5) is 0 Å². The van der Waals surface area contributed by atoms with Crippen molar-refractivity contribution in [2.45, 2.75) is 65.7 Å². The van der Waals surface area contributed by atoms with Gasteiger partial charge in [-0.2, -0.15) is 0 Å². The number of hydrogen-bond acceptors (Lipinski definition) is 0. The van der Waals surface area contributed by atoms with Gasteiger partial charge in [0.25, 0.3) is 0 Å². The number of aryl methyl sites for hydroxylation is 2. The Morgan fingerprint density at radius 2 is 0.650 bits per heavy atom. The highest BCUT2D eigenvalue weighted by Crippen LogP contribution is 2.17. The molecule has 40 heavy (non-hydrogen) atoms. The summed E-state index contributed by atoms with van der Waals surface area (Å²) < 4.78 is 9.01. The molecule has 0 spiro atoms. The Labute approximate surface area is 239 Å². The second-order valence-electron chi connectivity index (χ2n) is 10.7. The standard InChI is InChI=1S/C36H42N4/c1-3-5-19-37-21-11-33(12-22-37)35-15-25-39(26-16-35)29-31-7-9-32(10-8-31)30-40-27-17-36(18-28-40)34-13-23-38(24-14-34)20-6-4-2/h7-18,21-28H,3-6,19-20,29-30H2,1-2H3/q+4. The van der Waals surface area contributed by atoms with E-state index in [1.165, 1.54) is 59.1 Å². The fourth-order valence-corrected chi connectivity index (χ4v) is 4.96. The molecule has 0 atom stereocenters. The molecule has 5 rings (SSSR count). The smallest absolute Gasteiger partial charge is 0.173 e. The molecule has 0 amide bonds. The first-order valence-corrected chi connectivity index (χ1v) is 14.7. The van der Waals surface area contributed by atoms with Crippen LogP contribution in [0, 0.1) is 0 Å². The zero-order valence-electron chi connectivity index (χ0n) is 24.0. The zero-order valence-corrected chi connectivity index (χ0v) is 24.0. The predicted octanol–water partition coefficient (Wildman–Crippen LogP) is 5.87. The van der Waals surface area contributed by atoms with E-state index in [2.05, 4.69) is 154 Å². The lowest BCUT2D eigenvalue weighted by Crippen LogP contribution is -2.34. The van der Waals surface area contributed by atoms with Crippen LogP contribution in [0.2, 0.25) is 0 Å². The van der Waals surface area contributed by atoms with E-state index in [1.54, 1.807) is 0 Å². The number of nitrogens with zero attached hydrogens (tertiary/aromatic N) is 4. The van der Waals surface area contributed by atoms with Crippen LogP contribution >= 0.6 is 0 Å². The molecular weight excluding hydrogens is 488 g/mol. The first kappa shape index (κ1) is 27.4. The average Bonchev–Trinajstić information content (AvgIpc) is 3.01. The van der Waals surface area contributed by atoms with Crippen molar-refractivity contribution >= 4 is 0 Å². The van der Waals surface area contributed by atoms with Crippen molar-refractivity contribution in [2.75, 3.05) is 0 Å². The van der Waals surface area contributed by atoms with Gasteiger partial charge < -0.3 is 0 Å². The Hall–Kier alpha value is -4.18. The van der Waals surface area contributed by atoms with Gasteiger partial charge in [-0.3, -0.25) is 0 Å². The van der Waals surface area contributed by atoms with Crippen molar-refractivity contribution in [3.8, 4) is 22.3 Å². The summed E-state index contributed by atoms with van der Waals surface area (Å²) in [4.78, 5) is 0. The molecule has 1 aromatic carbocycles. The lowest BCUT2D eigenvalue weighted by atomic mass is 10.1. The summed E-state index contributed by atoms with van der Waals surface area (Å²) in [6.07, 6.45) is 22.3. The van der Waals surface area contributed by atoms with Crippen LogP contribution in [0.25, 0.3) is 22.3 Å². The summed E-state index contributed by atoms with van der Waals surface area (Å²) in [5, 5.41) is 0. The van der Waals surface area contributed by atoms with Crippen LogP contribution in [0.15, 0.2) is 122 Å². The Morgan fingerprint density at radius 3 is 0.925 bits per heavy atom. The molecule has 0 aliphatic rings. The van der Waals surface area contributed by atoms with E-state index in [4.69, 9.17) is 0 Å². The maximum atomic E-state index is 2.26. The molecule has 0 unspecified atom stereocenters. The highest BCUT2D eigenvalue weighted by Gasteiger charge is 2.09. The van der Waals surface area contributed by atoms with E-state index < -0.39 is 0 Å². The summed E-state index contributed by atoms with van der Waals surface area (Å²) in [7, 11) is 0. The minimum Gasteiger partial charge on any atom is -0.205 e. The van der Waals surface area contributed by atoms with Crippen molar-refractivity contribution in [2.24, 2.45) is 0 Å². The number of benzene rings is 1. The van der Waals surface area contributed by atoms with Crippen LogP contribution in [-0.2, 0) is 26.2 Å². The van der Waals surface area contributed by atoms with Crippen LogP contribution in [0.1, 0.15) is 50.7 Å². The number of unbranched alkanes of at least 4 members (excludes halogenated alkanes) is 2. The topological polar surface area (TPSA) is 15.5 Å². The quantitative estimate of drug-likeness (QED) is 0.179. The fraction of sp³-hybridized carbons (Fsp3) is 0.278. The van der Waals surface area contributed by atoms with Crippen LogP contribution in [0.5, 0.6) is 0 Å². The predicted molar refractivity (Wildman–Crippen MR) is 159 cm³/mol. The maximum absolute atomic E-state index is 2.26. The largest absolute Gasteiger partial charge is 0.205 e. The van der Waals surface area contributed by atoms with Gasteiger partial charge in [0.2, 0.25) is 0 Å². The Balaban J connectivity index is 1.15. The summed E-state index contributed by atoms with van der Waals surface area (Å²) in [6, 6.07) is 26.7. The minimum absolute atomic E-state index is 0.865. The first-order chi connectivity index (χ1) is 19.7. The third-order valence-corrected chi connectivity index (χ3v) is 7.52. The van der Waals surface area contributed by atoms with Gasteiger partial charge in [0.1, 0.15) is 13.1 Å². The molecule has 202 valence electrons. The van der Waals surface area contributed by atoms with Crippen molar-refractivity contribution in [1.82, 2.24) is 0 Å². The monoisotopic (exact) mass is 530 g/mol. The van der Waals surface area contributed by atoms with E-state index in [0.717, 1.165) is 26.2 Å². The van der Waals surface area contributed by atoms with Crippen molar-refractivity contribution in [3.05, 3.63) is 133 Å². The van der Waals surface area contributed by atoms with E-state index in [-0.39, 0.29) is 0 Å². The SMILES string of the molecule is CCCC[n+]1ccc(-c2cc[n+](Cc3ccc(C[n+]4ccc(-c5cc[n+](CCCC)cc5)cc4)cc3)cc2)cc1. The molecule has 4 nitrogen and oxygen atoms in total. The van der Waals surface area contributed by atoms with Crippen LogP contribution < -0.4 is 18.3 Å². The van der Waals surface area contributed by atoms with Gasteiger partial charge >= 0.3 is 0 Å². The highest BCUT2D eigenvalue weighted by atomic mass is 14.9. The van der Waals surface area contributed by atoms with Crippen molar-refractivity contribution in [3.63, 3.8) is 0 Å². The molecular formula is C36H42N4+4. The number of pyridine rings is 4. The molecule has 5 aromatic rings. The molecule has 0 bridgehead atoms. The van der Waals surface area contributed by atoms with Gasteiger partial charge in [0, 0.05) is 72.5 Å². The zero-order chi connectivity index (χ0) is 27.6. The third kappa shape index (κ3) is 7.47. The number of aromatic nitrogens is 4. The van der Waals surface area contributed by atoms with Crippen LogP contribution in [0.3, 0.4) is 0 Å². The summed E-state index contributed by atoms with van der Waals surface area (Å²) in [5.41, 5.74) is 7.63. The van der Waals surface area contributed by atoms with Crippen molar-refractivity contribution < 1.29 is 18.3 Å². The molecule has 0 saturated carbocycles. The molecule has 0 aliphatic carbocycles. The van der Waals surface area contributed by atoms with Gasteiger partial charge in [0.15, 0.2) is 62.7 Å². The van der Waals surface area contributed by atoms with Gasteiger partial charge in [-0.25, -0.2) is 18.3 Å². The van der Waals surface area contributed by atoms with E-state index in [9.17, 15) is 0 Å². The van der Waals surface area contributed by atoms with Gasteiger partial charge in [0.05, 0.1) is 0 Å². The fourth-order valence-electron chi connectivity index (χ4n) is 4.96. The number of hydrogen-bond donors (Lipinski definition) is 0. The molecule has 4 aromatic heterocycles. The lowest BCUT2D eigenvalue weighted by Gasteiger charge is -2.04. The average molecular weight is 531 g/mol. The molecule has 0 aliphatic heterocycles. The summed E-state index contributed by atoms with van der Waals surface area (Å²) in [6.45, 7) is 8.37. The van der Waals surface area contributed by atoms with Gasteiger partial charge in [-0.05, 0) is 22.3 Å². The maximum Gasteiger partial charge on any atom is 0.173 e. The second kappa shape index (κ2) is 13.7. The Bertz CT molecular complexity index is 1340. The number of rotatable bonds is 12. The van der Waals surface area contributed by atoms with Gasteiger partial charge in [-0.15, -0.1) is 0 Å². The third-order valence-electron chi connectivity index (χ3n) is 7.52. The molecule has 0 N–H and O–H groups in total. The molecule has 4 heteroatoms. The van der Waals surface area contributed by atoms with E-state index in [0.29, 0.717) is 0 Å². The Morgan fingerprint density at radius 1 is 0.375 bits per heavy atom. The summed E-state index contributed by atoms with van der Waals surface area (Å²) >= 11 is 0.